The van der Waals surface area contributed by atoms with Crippen LogP contribution >= 0.6 is 0 Å². The molecule has 0 aromatic carbocycles. The van der Waals surface area contributed by atoms with Crippen molar-refractivity contribution in [3.8, 4) is 6.07 Å². The van der Waals surface area contributed by atoms with Crippen molar-refractivity contribution in [1.29, 1.82) is 5.26 Å². The average Bonchev–Trinajstić information content (AvgIpc) is 2.37. The summed E-state index contributed by atoms with van der Waals surface area (Å²) in [6.45, 7) is 5.97. The minimum atomic E-state index is -3.69. The summed E-state index contributed by atoms with van der Waals surface area (Å²) in [5.41, 5.74) is -0.0780. The fourth-order valence-electron chi connectivity index (χ4n) is 1.84. The van der Waals surface area contributed by atoms with E-state index in [0.717, 1.165) is 12.8 Å². The van der Waals surface area contributed by atoms with Crippen molar-refractivity contribution in [3.05, 3.63) is 24.0 Å². The van der Waals surface area contributed by atoms with Gasteiger partial charge in [0.2, 0.25) is 10.0 Å². The summed E-state index contributed by atoms with van der Waals surface area (Å²) in [6.07, 6.45) is 3.17. The fraction of sp³-hybridized carbons (Fsp3) is 0.538. The number of pyridine rings is 1. The second-order valence-corrected chi connectivity index (χ2v) is 6.42. The third-order valence-electron chi connectivity index (χ3n) is 2.98. The summed E-state index contributed by atoms with van der Waals surface area (Å²) in [4.78, 5) is 3.71. The quantitative estimate of drug-likeness (QED) is 0.865. The van der Waals surface area contributed by atoms with Gasteiger partial charge in [0, 0.05) is 12.2 Å². The lowest BCUT2D eigenvalue weighted by molar-refractivity contribution is 0.445. The molecule has 1 rings (SSSR count). The molecule has 5 nitrogen and oxygen atoms in total. The van der Waals surface area contributed by atoms with Crippen LogP contribution in [0.5, 0.6) is 0 Å². The molecule has 0 aliphatic carbocycles. The smallest absolute Gasteiger partial charge is 0.243 e. The highest BCUT2D eigenvalue weighted by atomic mass is 32.2. The van der Waals surface area contributed by atoms with Crippen LogP contribution in [-0.2, 0) is 10.0 Å². The molecule has 0 fully saturated rings. The van der Waals surface area contributed by atoms with Crippen LogP contribution in [0.2, 0.25) is 0 Å². The van der Waals surface area contributed by atoms with Crippen molar-refractivity contribution < 1.29 is 8.42 Å². The van der Waals surface area contributed by atoms with Gasteiger partial charge in [0.25, 0.3) is 0 Å². The molecular weight excluding hydrogens is 262 g/mol. The molecule has 19 heavy (non-hydrogen) atoms. The first kappa shape index (κ1) is 15.6. The minimum Gasteiger partial charge on any atom is -0.244 e. The zero-order valence-corrected chi connectivity index (χ0v) is 12.2. The Bertz CT molecular complexity index is 563. The van der Waals surface area contributed by atoms with E-state index in [2.05, 4.69) is 23.6 Å². The number of sulfonamides is 1. The predicted octanol–water partition coefficient (Wildman–Crippen LogP) is 2.06. The zero-order chi connectivity index (χ0) is 14.5. The van der Waals surface area contributed by atoms with Crippen molar-refractivity contribution in [2.45, 2.75) is 44.6 Å². The number of nitriles is 1. The number of hydrogen-bond acceptors (Lipinski definition) is 4. The van der Waals surface area contributed by atoms with Crippen LogP contribution in [0, 0.1) is 17.2 Å². The second kappa shape index (κ2) is 6.64. The van der Waals surface area contributed by atoms with Crippen molar-refractivity contribution >= 4 is 10.0 Å². The summed E-state index contributed by atoms with van der Waals surface area (Å²) >= 11 is 0. The van der Waals surface area contributed by atoms with Gasteiger partial charge < -0.3 is 0 Å². The summed E-state index contributed by atoms with van der Waals surface area (Å²) in [7, 11) is -3.69. The Morgan fingerprint density at radius 1 is 1.47 bits per heavy atom. The van der Waals surface area contributed by atoms with Gasteiger partial charge in [0.1, 0.15) is 11.0 Å². The molecule has 1 heterocycles. The molecule has 2 atom stereocenters. The predicted molar refractivity (Wildman–Crippen MR) is 72.8 cm³/mol. The van der Waals surface area contributed by atoms with E-state index in [1.54, 1.807) is 6.07 Å². The monoisotopic (exact) mass is 281 g/mol. The Morgan fingerprint density at radius 2 is 2.16 bits per heavy atom. The topological polar surface area (TPSA) is 82.8 Å². The number of nitrogens with one attached hydrogen (secondary N) is 1. The molecule has 0 radical (unpaired) electrons. The largest absolute Gasteiger partial charge is 0.244 e. The number of rotatable bonds is 6. The Labute approximate surface area is 114 Å². The van der Waals surface area contributed by atoms with Gasteiger partial charge in [0.15, 0.2) is 5.69 Å². The lowest BCUT2D eigenvalue weighted by Crippen LogP contribution is -2.34. The summed E-state index contributed by atoms with van der Waals surface area (Å²) in [5, 5.41) is 8.89. The van der Waals surface area contributed by atoms with E-state index in [4.69, 9.17) is 5.26 Å². The molecule has 0 aliphatic heterocycles. The van der Waals surface area contributed by atoms with Crippen LogP contribution in [0.3, 0.4) is 0 Å². The molecule has 0 spiro atoms. The molecule has 0 amide bonds. The lowest BCUT2D eigenvalue weighted by atomic mass is 10.0. The Morgan fingerprint density at radius 3 is 2.74 bits per heavy atom. The standard InChI is InChI=1S/C13H19N3O2S/c1-4-10(2)8-11(3)16-19(17,18)13-6-5-7-15-12(13)9-14/h5-7,10-11,16H,4,8H2,1-3H3. The molecule has 0 bridgehead atoms. The highest BCUT2D eigenvalue weighted by Gasteiger charge is 2.22. The molecule has 1 aromatic rings. The van der Waals surface area contributed by atoms with Crippen molar-refractivity contribution in [2.75, 3.05) is 0 Å². The highest BCUT2D eigenvalue weighted by Crippen LogP contribution is 2.15. The maximum atomic E-state index is 12.2. The first-order valence-corrected chi connectivity index (χ1v) is 7.76. The molecule has 2 unspecified atom stereocenters. The first-order valence-electron chi connectivity index (χ1n) is 6.28. The maximum absolute atomic E-state index is 12.2. The number of aromatic nitrogens is 1. The molecule has 0 aliphatic rings. The van der Waals surface area contributed by atoms with Gasteiger partial charge >= 0.3 is 0 Å². The van der Waals surface area contributed by atoms with Crippen LogP contribution in [-0.4, -0.2) is 19.4 Å². The summed E-state index contributed by atoms with van der Waals surface area (Å²) in [6, 6.07) is 4.52. The van der Waals surface area contributed by atoms with Gasteiger partial charge in [-0.15, -0.1) is 0 Å². The second-order valence-electron chi connectivity index (χ2n) is 4.73. The van der Waals surface area contributed by atoms with Gasteiger partial charge in [-0.1, -0.05) is 20.3 Å². The van der Waals surface area contributed by atoms with Gasteiger partial charge in [-0.25, -0.2) is 18.1 Å². The molecule has 6 heteroatoms. The number of nitrogens with zero attached hydrogens (tertiary/aromatic N) is 2. The van der Waals surface area contributed by atoms with E-state index < -0.39 is 10.0 Å². The van der Waals surface area contributed by atoms with E-state index in [1.165, 1.54) is 18.3 Å². The van der Waals surface area contributed by atoms with Crippen LogP contribution in [0.4, 0.5) is 0 Å². The zero-order valence-electron chi connectivity index (χ0n) is 11.4. The van der Waals surface area contributed by atoms with E-state index >= 15 is 0 Å². The van der Waals surface area contributed by atoms with E-state index in [0.29, 0.717) is 5.92 Å². The molecule has 0 saturated heterocycles. The maximum Gasteiger partial charge on any atom is 0.243 e. The summed E-state index contributed by atoms with van der Waals surface area (Å²) < 4.78 is 27.0. The molecule has 0 saturated carbocycles. The Kier molecular flexibility index (Phi) is 5.45. The first-order chi connectivity index (χ1) is 8.90. The van der Waals surface area contributed by atoms with E-state index in [9.17, 15) is 8.42 Å². The summed E-state index contributed by atoms with van der Waals surface area (Å²) in [5.74, 6) is 0.446. The van der Waals surface area contributed by atoms with Crippen LogP contribution in [0.25, 0.3) is 0 Å². The normalized spacial score (nSPS) is 14.6. The van der Waals surface area contributed by atoms with E-state index in [-0.39, 0.29) is 16.6 Å². The van der Waals surface area contributed by atoms with Crippen molar-refractivity contribution in [1.82, 2.24) is 9.71 Å². The molecular formula is C13H19N3O2S. The van der Waals surface area contributed by atoms with Crippen LogP contribution in [0.1, 0.15) is 39.3 Å². The van der Waals surface area contributed by atoms with Gasteiger partial charge in [-0.05, 0) is 31.4 Å². The molecule has 1 N–H and O–H groups in total. The van der Waals surface area contributed by atoms with Crippen molar-refractivity contribution in [3.63, 3.8) is 0 Å². The van der Waals surface area contributed by atoms with Crippen LogP contribution < -0.4 is 4.72 Å². The van der Waals surface area contributed by atoms with Crippen molar-refractivity contribution in [2.24, 2.45) is 5.92 Å². The van der Waals surface area contributed by atoms with Gasteiger partial charge in [-0.3, -0.25) is 0 Å². The van der Waals surface area contributed by atoms with Gasteiger partial charge in [-0.2, -0.15) is 5.26 Å². The number of hydrogen-bond donors (Lipinski definition) is 1. The third-order valence-corrected chi connectivity index (χ3v) is 4.60. The van der Waals surface area contributed by atoms with Crippen LogP contribution in [0.15, 0.2) is 23.2 Å². The van der Waals surface area contributed by atoms with E-state index in [1.807, 2.05) is 6.92 Å². The Hall–Kier alpha value is -1.45. The average molecular weight is 281 g/mol. The lowest BCUT2D eigenvalue weighted by Gasteiger charge is -2.17. The highest BCUT2D eigenvalue weighted by molar-refractivity contribution is 7.89. The fourth-order valence-corrected chi connectivity index (χ4v) is 3.20. The third kappa shape index (κ3) is 4.30. The SMILES string of the molecule is CCC(C)CC(C)NS(=O)(=O)c1cccnc1C#N. The minimum absolute atomic E-state index is 0.0616. The molecule has 1 aromatic heterocycles. The van der Waals surface area contributed by atoms with Gasteiger partial charge in [0.05, 0.1) is 0 Å². The Balaban J connectivity index is 2.90. The molecule has 104 valence electrons.